The van der Waals surface area contributed by atoms with E-state index in [2.05, 4.69) is 5.32 Å². The Morgan fingerprint density at radius 1 is 1.42 bits per heavy atom. The molecule has 0 bridgehead atoms. The SMILES string of the molecule is O=C(CC1Sc2ccc(Cl)cc2NC1=O)NC(CC(F)F)C(=O)O. The summed E-state index contributed by atoms with van der Waals surface area (Å²) in [5, 5.41) is 13.1. The molecule has 1 aliphatic rings. The van der Waals surface area contributed by atoms with Gasteiger partial charge in [-0.15, -0.1) is 11.8 Å². The summed E-state index contributed by atoms with van der Waals surface area (Å²) >= 11 is 6.96. The number of hydrogen-bond acceptors (Lipinski definition) is 4. The molecule has 2 atom stereocenters. The van der Waals surface area contributed by atoms with E-state index in [4.69, 9.17) is 16.7 Å². The van der Waals surface area contributed by atoms with Crippen LogP contribution in [-0.4, -0.2) is 40.6 Å². The van der Waals surface area contributed by atoms with Gasteiger partial charge in [-0.1, -0.05) is 11.6 Å². The molecule has 1 heterocycles. The molecule has 0 saturated heterocycles. The highest BCUT2D eigenvalue weighted by Gasteiger charge is 2.31. The highest BCUT2D eigenvalue weighted by molar-refractivity contribution is 8.01. The zero-order valence-electron chi connectivity index (χ0n) is 12.1. The Hall–Kier alpha value is -1.87. The number of alkyl halides is 2. The van der Waals surface area contributed by atoms with Crippen LogP contribution < -0.4 is 10.6 Å². The largest absolute Gasteiger partial charge is 0.480 e. The van der Waals surface area contributed by atoms with Crippen LogP contribution in [0.25, 0.3) is 0 Å². The summed E-state index contributed by atoms with van der Waals surface area (Å²) in [6.07, 6.45) is -4.19. The molecule has 3 N–H and O–H groups in total. The van der Waals surface area contributed by atoms with Crippen molar-refractivity contribution in [3.05, 3.63) is 23.2 Å². The second-order valence-corrected chi connectivity index (χ2v) is 6.71. The standard InChI is InChI=1S/C14H13ClF2N2O4S/c15-6-1-2-9-7(3-6)19-13(21)10(24-9)5-12(20)18-8(14(22)23)4-11(16)17/h1-3,8,10-11H,4-5H2,(H,18,20)(H,19,21)(H,22,23). The summed E-state index contributed by atoms with van der Waals surface area (Å²) in [6.45, 7) is 0. The first-order chi connectivity index (χ1) is 11.3. The Morgan fingerprint density at radius 2 is 2.12 bits per heavy atom. The van der Waals surface area contributed by atoms with Gasteiger partial charge in [-0.2, -0.15) is 0 Å². The molecule has 0 aromatic heterocycles. The van der Waals surface area contributed by atoms with Gasteiger partial charge < -0.3 is 15.7 Å². The quantitative estimate of drug-likeness (QED) is 0.706. The second kappa shape index (κ2) is 7.80. The third kappa shape index (κ3) is 4.81. The van der Waals surface area contributed by atoms with Crippen molar-refractivity contribution in [2.75, 3.05) is 5.32 Å². The van der Waals surface area contributed by atoms with E-state index in [1.54, 1.807) is 18.2 Å². The van der Waals surface area contributed by atoms with Crippen molar-refractivity contribution in [2.45, 2.75) is 35.5 Å². The summed E-state index contributed by atoms with van der Waals surface area (Å²) in [7, 11) is 0. The number of aliphatic carboxylic acids is 1. The molecule has 130 valence electrons. The molecule has 2 rings (SSSR count). The molecule has 0 saturated carbocycles. The number of nitrogens with one attached hydrogen (secondary N) is 2. The molecule has 24 heavy (non-hydrogen) atoms. The Morgan fingerprint density at radius 3 is 2.75 bits per heavy atom. The lowest BCUT2D eigenvalue weighted by molar-refractivity contribution is -0.143. The molecular weight excluding hydrogens is 366 g/mol. The minimum atomic E-state index is -2.87. The third-order valence-electron chi connectivity index (χ3n) is 3.18. The van der Waals surface area contributed by atoms with Crippen molar-refractivity contribution >= 4 is 46.8 Å². The van der Waals surface area contributed by atoms with Crippen molar-refractivity contribution in [1.29, 1.82) is 0 Å². The number of carboxylic acids is 1. The van der Waals surface area contributed by atoms with Gasteiger partial charge in [0, 0.05) is 22.8 Å². The van der Waals surface area contributed by atoms with Crippen molar-refractivity contribution < 1.29 is 28.3 Å². The molecule has 0 aliphatic carbocycles. The fourth-order valence-corrected chi connectivity index (χ4v) is 3.34. The zero-order valence-corrected chi connectivity index (χ0v) is 13.7. The number of carbonyl (C=O) groups excluding carboxylic acids is 2. The van der Waals surface area contributed by atoms with Gasteiger partial charge in [0.05, 0.1) is 10.9 Å². The molecule has 0 spiro atoms. The maximum Gasteiger partial charge on any atom is 0.326 e. The number of thioether (sulfide) groups is 1. The molecule has 1 aliphatic heterocycles. The second-order valence-electron chi connectivity index (χ2n) is 5.03. The van der Waals surface area contributed by atoms with Crippen LogP contribution in [0.3, 0.4) is 0 Å². The lowest BCUT2D eigenvalue weighted by Crippen LogP contribution is -2.44. The summed E-state index contributed by atoms with van der Waals surface area (Å²) in [6, 6.07) is 3.19. The maximum absolute atomic E-state index is 12.3. The summed E-state index contributed by atoms with van der Waals surface area (Å²) < 4.78 is 24.6. The van der Waals surface area contributed by atoms with Gasteiger partial charge in [0.25, 0.3) is 0 Å². The Labute approximate surface area is 144 Å². The Balaban J connectivity index is 2.00. The molecule has 0 radical (unpaired) electrons. The first-order valence-corrected chi connectivity index (χ1v) is 8.09. The zero-order chi connectivity index (χ0) is 17.9. The molecule has 6 nitrogen and oxygen atoms in total. The first-order valence-electron chi connectivity index (χ1n) is 6.83. The number of amides is 2. The van der Waals surface area contributed by atoms with Gasteiger partial charge in [-0.25, -0.2) is 13.6 Å². The topological polar surface area (TPSA) is 95.5 Å². The Bertz CT molecular complexity index is 674. The van der Waals surface area contributed by atoms with Gasteiger partial charge in [0.1, 0.15) is 6.04 Å². The lowest BCUT2D eigenvalue weighted by atomic mass is 10.2. The monoisotopic (exact) mass is 378 g/mol. The average Bonchev–Trinajstić information content (AvgIpc) is 2.47. The van der Waals surface area contributed by atoms with Crippen LogP contribution in [0.2, 0.25) is 5.02 Å². The van der Waals surface area contributed by atoms with Crippen LogP contribution in [0.5, 0.6) is 0 Å². The van der Waals surface area contributed by atoms with Crippen LogP contribution in [-0.2, 0) is 14.4 Å². The maximum atomic E-state index is 12.3. The van der Waals surface area contributed by atoms with Crippen LogP contribution in [0.15, 0.2) is 23.1 Å². The first kappa shape index (κ1) is 18.5. The van der Waals surface area contributed by atoms with Gasteiger partial charge in [-0.3, -0.25) is 9.59 Å². The van der Waals surface area contributed by atoms with E-state index in [9.17, 15) is 23.2 Å². The van der Waals surface area contributed by atoms with Crippen molar-refractivity contribution in [2.24, 2.45) is 0 Å². The van der Waals surface area contributed by atoms with E-state index in [0.717, 1.165) is 11.8 Å². The highest BCUT2D eigenvalue weighted by atomic mass is 35.5. The molecule has 2 unspecified atom stereocenters. The molecule has 1 aromatic carbocycles. The summed E-state index contributed by atoms with van der Waals surface area (Å²) in [5.41, 5.74) is 0.523. The summed E-state index contributed by atoms with van der Waals surface area (Å²) in [5.74, 6) is -2.77. The number of halogens is 3. The predicted octanol–water partition coefficient (Wildman–Crippen LogP) is 2.37. The lowest BCUT2D eigenvalue weighted by Gasteiger charge is -2.24. The number of benzene rings is 1. The smallest absolute Gasteiger partial charge is 0.326 e. The predicted molar refractivity (Wildman–Crippen MR) is 84.5 cm³/mol. The molecule has 0 fully saturated rings. The van der Waals surface area contributed by atoms with E-state index >= 15 is 0 Å². The highest BCUT2D eigenvalue weighted by Crippen LogP contribution is 2.38. The number of anilines is 1. The number of fused-ring (bicyclic) bond motifs is 1. The molecule has 10 heteroatoms. The Kier molecular flexibility index (Phi) is 6.00. The van der Waals surface area contributed by atoms with Crippen LogP contribution in [0.4, 0.5) is 14.5 Å². The fourth-order valence-electron chi connectivity index (χ4n) is 2.08. The third-order valence-corrected chi connectivity index (χ3v) is 4.69. The van der Waals surface area contributed by atoms with E-state index in [1.807, 2.05) is 5.32 Å². The van der Waals surface area contributed by atoms with Gasteiger partial charge in [0.15, 0.2) is 0 Å². The van der Waals surface area contributed by atoms with Gasteiger partial charge in [0.2, 0.25) is 18.2 Å². The van der Waals surface area contributed by atoms with E-state index in [-0.39, 0.29) is 6.42 Å². The van der Waals surface area contributed by atoms with Crippen LogP contribution >= 0.6 is 23.4 Å². The number of rotatable bonds is 6. The number of hydrogen-bond donors (Lipinski definition) is 3. The number of carboxylic acid groups (broad SMARTS) is 1. The number of carbonyl (C=O) groups is 3. The average molecular weight is 379 g/mol. The minimum absolute atomic E-state index is 0.328. The van der Waals surface area contributed by atoms with Crippen molar-refractivity contribution in [3.8, 4) is 0 Å². The van der Waals surface area contributed by atoms with Gasteiger partial charge >= 0.3 is 5.97 Å². The molecule has 2 amide bonds. The van der Waals surface area contributed by atoms with Crippen molar-refractivity contribution in [1.82, 2.24) is 5.32 Å². The van der Waals surface area contributed by atoms with E-state index in [1.165, 1.54) is 0 Å². The normalized spacial score (nSPS) is 17.8. The van der Waals surface area contributed by atoms with Crippen molar-refractivity contribution in [3.63, 3.8) is 0 Å². The minimum Gasteiger partial charge on any atom is -0.480 e. The van der Waals surface area contributed by atoms with Crippen LogP contribution in [0, 0.1) is 0 Å². The van der Waals surface area contributed by atoms with E-state index < -0.39 is 41.9 Å². The fraction of sp³-hybridized carbons (Fsp3) is 0.357. The van der Waals surface area contributed by atoms with Gasteiger partial charge in [-0.05, 0) is 18.2 Å². The molecule has 1 aromatic rings. The van der Waals surface area contributed by atoms with Crippen LogP contribution in [0.1, 0.15) is 12.8 Å². The molecular formula is C14H13ClF2N2O4S. The summed E-state index contributed by atoms with van der Waals surface area (Å²) in [4.78, 5) is 35.5. The van der Waals surface area contributed by atoms with E-state index in [0.29, 0.717) is 15.6 Å².